The van der Waals surface area contributed by atoms with Crippen LogP contribution in [0.3, 0.4) is 0 Å². The third-order valence-electron chi connectivity index (χ3n) is 9.84. The number of fused-ring (bicyclic) bond motifs is 10. The second-order valence-electron chi connectivity index (χ2n) is 12.8. The van der Waals surface area contributed by atoms with E-state index in [4.69, 9.17) is 19.4 Å². The molecular weight excluding hydrogens is 645 g/mol. The first-order valence-electron chi connectivity index (χ1n) is 16.9. The van der Waals surface area contributed by atoms with Gasteiger partial charge in [-0.15, -0.1) is 11.3 Å². The van der Waals surface area contributed by atoms with E-state index in [0.717, 1.165) is 49.8 Å². The second kappa shape index (κ2) is 10.9. The lowest BCUT2D eigenvalue weighted by atomic mass is 10.1. The summed E-state index contributed by atoms with van der Waals surface area (Å²) in [6.07, 6.45) is 0. The second-order valence-corrected chi connectivity index (χ2v) is 13.9. The predicted molar refractivity (Wildman–Crippen MR) is 211 cm³/mol. The number of aromatic nitrogens is 4. The molecule has 0 spiro atoms. The van der Waals surface area contributed by atoms with E-state index in [0.29, 0.717) is 17.5 Å². The molecule has 0 saturated heterocycles. The quantitative estimate of drug-likeness (QED) is 0.187. The molecule has 11 rings (SSSR count). The zero-order valence-electron chi connectivity index (χ0n) is 27.1. The van der Waals surface area contributed by atoms with Gasteiger partial charge in [0.1, 0.15) is 11.2 Å². The van der Waals surface area contributed by atoms with Gasteiger partial charge in [0.15, 0.2) is 17.5 Å². The van der Waals surface area contributed by atoms with Gasteiger partial charge in [0.25, 0.3) is 0 Å². The molecule has 4 heterocycles. The van der Waals surface area contributed by atoms with Crippen molar-refractivity contribution in [2.24, 2.45) is 0 Å². The largest absolute Gasteiger partial charge is 0.456 e. The number of hydrogen-bond donors (Lipinski definition) is 0. The summed E-state index contributed by atoms with van der Waals surface area (Å²) in [4.78, 5) is 15.2. The van der Waals surface area contributed by atoms with Crippen molar-refractivity contribution in [1.82, 2.24) is 19.5 Å². The first kappa shape index (κ1) is 28.2. The Kier molecular flexibility index (Phi) is 6.05. The number of benzene rings is 7. The highest BCUT2D eigenvalue weighted by Crippen LogP contribution is 2.43. The van der Waals surface area contributed by atoms with Crippen LogP contribution in [0.15, 0.2) is 162 Å². The first-order valence-corrected chi connectivity index (χ1v) is 17.8. The topological polar surface area (TPSA) is 56.7 Å². The minimum absolute atomic E-state index is 0.593. The SMILES string of the molecule is c1ccc(-c2nc(-c3cccc(-n4c5ccccc5c5c6c(ccc54)sc4ccccc46)c3)nc(-c3ccc4c(c3)oc3ccccc34)n2)cc1. The average Bonchev–Trinajstić information content (AvgIpc) is 3.87. The average molecular weight is 671 g/mol. The molecule has 5 nitrogen and oxygen atoms in total. The van der Waals surface area contributed by atoms with Crippen LogP contribution in [0.1, 0.15) is 0 Å². The van der Waals surface area contributed by atoms with Crippen LogP contribution in [0, 0.1) is 0 Å². The lowest BCUT2D eigenvalue weighted by Gasteiger charge is -2.11. The lowest BCUT2D eigenvalue weighted by Crippen LogP contribution is -2.01. The highest BCUT2D eigenvalue weighted by molar-refractivity contribution is 7.26. The maximum Gasteiger partial charge on any atom is 0.164 e. The van der Waals surface area contributed by atoms with E-state index < -0.39 is 0 Å². The van der Waals surface area contributed by atoms with Crippen molar-refractivity contribution in [3.63, 3.8) is 0 Å². The van der Waals surface area contributed by atoms with Gasteiger partial charge in [-0.05, 0) is 54.6 Å². The molecule has 0 radical (unpaired) electrons. The Labute approximate surface area is 295 Å². The zero-order chi connectivity index (χ0) is 33.5. The summed E-state index contributed by atoms with van der Waals surface area (Å²) in [7, 11) is 0. The monoisotopic (exact) mass is 670 g/mol. The summed E-state index contributed by atoms with van der Waals surface area (Å²) in [6.45, 7) is 0. The molecule has 6 heteroatoms. The molecule has 0 aliphatic rings. The molecule has 0 amide bonds. The van der Waals surface area contributed by atoms with Crippen LogP contribution in [-0.2, 0) is 0 Å². The van der Waals surface area contributed by atoms with Gasteiger partial charge in [-0.2, -0.15) is 0 Å². The summed E-state index contributed by atoms with van der Waals surface area (Å²) in [5.74, 6) is 1.82. The molecule has 0 aliphatic heterocycles. The van der Waals surface area contributed by atoms with E-state index >= 15 is 0 Å². The lowest BCUT2D eigenvalue weighted by molar-refractivity contribution is 0.669. The number of nitrogens with zero attached hydrogens (tertiary/aromatic N) is 4. The fraction of sp³-hybridized carbons (Fsp3) is 0. The minimum Gasteiger partial charge on any atom is -0.456 e. The summed E-state index contributed by atoms with van der Waals surface area (Å²) < 4.78 is 11.2. The predicted octanol–water partition coefficient (Wildman–Crippen LogP) is 12.2. The van der Waals surface area contributed by atoms with Gasteiger partial charge in [-0.25, -0.2) is 15.0 Å². The summed E-state index contributed by atoms with van der Waals surface area (Å²) in [6, 6.07) is 54.9. The van der Waals surface area contributed by atoms with Gasteiger partial charge < -0.3 is 8.98 Å². The molecule has 0 aliphatic carbocycles. The Morgan fingerprint density at radius 2 is 1.08 bits per heavy atom. The van der Waals surface area contributed by atoms with Crippen LogP contribution in [0.2, 0.25) is 0 Å². The Hall–Kier alpha value is -6.63. The number of thiophene rings is 1. The number of furan rings is 1. The molecule has 0 saturated carbocycles. The van der Waals surface area contributed by atoms with Crippen molar-refractivity contribution >= 4 is 75.3 Å². The molecule has 51 heavy (non-hydrogen) atoms. The van der Waals surface area contributed by atoms with Gasteiger partial charge in [0, 0.05) is 64.1 Å². The minimum atomic E-state index is 0.593. The summed E-state index contributed by atoms with van der Waals surface area (Å²) >= 11 is 1.85. The fourth-order valence-corrected chi connectivity index (χ4v) is 8.67. The van der Waals surface area contributed by atoms with Crippen molar-refractivity contribution < 1.29 is 4.42 Å². The Morgan fingerprint density at radius 1 is 0.412 bits per heavy atom. The molecule has 0 unspecified atom stereocenters. The van der Waals surface area contributed by atoms with E-state index in [1.807, 2.05) is 65.9 Å². The molecule has 7 aromatic carbocycles. The molecule has 0 fully saturated rings. The van der Waals surface area contributed by atoms with Crippen molar-refractivity contribution in [2.45, 2.75) is 0 Å². The van der Waals surface area contributed by atoms with Crippen LogP contribution in [0.4, 0.5) is 0 Å². The standard InChI is InChI=1S/C45H26N4OS/c1-2-11-27(12-3-1)43-46-44(48-45(47-43)29-21-22-32-31-15-5-8-19-37(31)50-38(32)26-29)28-13-10-14-30(25-28)49-35-18-7-4-16-33(35)41-36(49)23-24-40-42(41)34-17-6-9-20-39(34)51-40/h1-26H. The fourth-order valence-electron chi connectivity index (χ4n) is 7.55. The Bertz CT molecular complexity index is 3150. The number of hydrogen-bond acceptors (Lipinski definition) is 5. The van der Waals surface area contributed by atoms with Crippen LogP contribution >= 0.6 is 11.3 Å². The van der Waals surface area contributed by atoms with Gasteiger partial charge in [-0.1, -0.05) is 103 Å². The Balaban J connectivity index is 1.12. The molecule has 238 valence electrons. The van der Waals surface area contributed by atoms with E-state index in [-0.39, 0.29) is 0 Å². The molecule has 11 aromatic rings. The molecule has 0 bridgehead atoms. The van der Waals surface area contributed by atoms with Gasteiger partial charge in [0.2, 0.25) is 0 Å². The third kappa shape index (κ3) is 4.37. The van der Waals surface area contributed by atoms with Crippen LogP contribution in [0.5, 0.6) is 0 Å². The van der Waals surface area contributed by atoms with Crippen LogP contribution in [-0.4, -0.2) is 19.5 Å². The molecule has 4 aromatic heterocycles. The van der Waals surface area contributed by atoms with E-state index in [1.165, 1.54) is 36.5 Å². The van der Waals surface area contributed by atoms with E-state index in [2.05, 4.69) is 108 Å². The normalized spacial score (nSPS) is 11.9. The number of para-hydroxylation sites is 2. The molecule has 0 atom stereocenters. The first-order chi connectivity index (χ1) is 25.3. The van der Waals surface area contributed by atoms with Crippen molar-refractivity contribution in [3.8, 4) is 39.9 Å². The van der Waals surface area contributed by atoms with Crippen LogP contribution < -0.4 is 0 Å². The van der Waals surface area contributed by atoms with Gasteiger partial charge >= 0.3 is 0 Å². The highest BCUT2D eigenvalue weighted by Gasteiger charge is 2.19. The van der Waals surface area contributed by atoms with Gasteiger partial charge in [-0.3, -0.25) is 0 Å². The Morgan fingerprint density at radius 3 is 1.94 bits per heavy atom. The summed E-state index contributed by atoms with van der Waals surface area (Å²) in [5.41, 5.74) is 7.75. The highest BCUT2D eigenvalue weighted by atomic mass is 32.1. The van der Waals surface area contributed by atoms with Gasteiger partial charge in [0.05, 0.1) is 11.0 Å². The maximum absolute atomic E-state index is 6.24. The van der Waals surface area contributed by atoms with Crippen molar-refractivity contribution in [1.29, 1.82) is 0 Å². The van der Waals surface area contributed by atoms with E-state index in [9.17, 15) is 0 Å². The van der Waals surface area contributed by atoms with Crippen LogP contribution in [0.25, 0.3) is 104 Å². The smallest absolute Gasteiger partial charge is 0.164 e. The van der Waals surface area contributed by atoms with E-state index in [1.54, 1.807) is 0 Å². The zero-order valence-corrected chi connectivity index (χ0v) is 27.9. The maximum atomic E-state index is 6.24. The molecule has 0 N–H and O–H groups in total. The van der Waals surface area contributed by atoms with Crippen molar-refractivity contribution in [3.05, 3.63) is 158 Å². The third-order valence-corrected chi connectivity index (χ3v) is 11.0. The molecular formula is C45H26N4OS. The summed E-state index contributed by atoms with van der Waals surface area (Å²) in [5, 5.41) is 7.29. The van der Waals surface area contributed by atoms with Crippen molar-refractivity contribution in [2.75, 3.05) is 0 Å². The number of rotatable bonds is 4.